The van der Waals surface area contributed by atoms with Crippen LogP contribution in [0.4, 0.5) is 0 Å². The van der Waals surface area contributed by atoms with Crippen molar-refractivity contribution in [1.29, 1.82) is 0 Å². The quantitative estimate of drug-likeness (QED) is 0.535. The molecule has 5 heteroatoms. The van der Waals surface area contributed by atoms with Gasteiger partial charge in [0.2, 0.25) is 5.91 Å². The fourth-order valence-corrected chi connectivity index (χ4v) is 4.41. The Kier molecular flexibility index (Phi) is 11.1. The summed E-state index contributed by atoms with van der Waals surface area (Å²) in [5, 5.41) is 4.45. The van der Waals surface area contributed by atoms with Gasteiger partial charge >= 0.3 is 0 Å². The molecule has 0 spiro atoms. The van der Waals surface area contributed by atoms with Crippen LogP contribution >= 0.6 is 27.7 Å². The van der Waals surface area contributed by atoms with Crippen LogP contribution in [-0.4, -0.2) is 17.4 Å². The van der Waals surface area contributed by atoms with Crippen molar-refractivity contribution < 1.29 is 4.79 Å². The Labute approximate surface area is 170 Å². The van der Waals surface area contributed by atoms with Crippen molar-refractivity contribution in [3.63, 3.8) is 0 Å². The molecule has 0 saturated heterocycles. The molecule has 0 bridgehead atoms. The lowest BCUT2D eigenvalue weighted by Crippen LogP contribution is -2.21. The highest BCUT2D eigenvalue weighted by Crippen LogP contribution is 2.17. The van der Waals surface area contributed by atoms with E-state index in [4.69, 9.17) is 0 Å². The number of nitrogens with zero attached hydrogens (tertiary/aromatic N) is 1. The molecule has 0 radical (unpaired) electrons. The normalized spacial score (nSPS) is 17.0. The molecular formula is C21H31BrN2OS. The first-order valence-corrected chi connectivity index (χ1v) is 11.9. The lowest BCUT2D eigenvalue weighted by atomic mass is 10.00. The van der Waals surface area contributed by atoms with Gasteiger partial charge in [0, 0.05) is 15.9 Å². The molecule has 1 fully saturated rings. The van der Waals surface area contributed by atoms with Crippen molar-refractivity contribution >= 4 is 39.3 Å². The van der Waals surface area contributed by atoms with Gasteiger partial charge in [0.1, 0.15) is 0 Å². The van der Waals surface area contributed by atoms with E-state index in [1.807, 2.05) is 12.1 Å². The number of rotatable bonds is 5. The van der Waals surface area contributed by atoms with Crippen molar-refractivity contribution in [2.75, 3.05) is 5.75 Å². The van der Waals surface area contributed by atoms with Gasteiger partial charge in [-0.15, -0.1) is 11.8 Å². The van der Waals surface area contributed by atoms with Crippen LogP contribution in [0.1, 0.15) is 76.2 Å². The molecule has 3 nitrogen and oxygen atoms in total. The van der Waals surface area contributed by atoms with Crippen LogP contribution in [0.5, 0.6) is 0 Å². The average molecular weight is 439 g/mol. The summed E-state index contributed by atoms with van der Waals surface area (Å²) in [7, 11) is 0. The Morgan fingerprint density at radius 2 is 1.62 bits per heavy atom. The van der Waals surface area contributed by atoms with Gasteiger partial charge in [-0.1, -0.05) is 73.0 Å². The maximum Gasteiger partial charge on any atom is 0.250 e. The van der Waals surface area contributed by atoms with E-state index in [1.165, 1.54) is 69.1 Å². The number of hydrogen-bond donors (Lipinski definition) is 1. The fourth-order valence-electron chi connectivity index (χ4n) is 3.19. The van der Waals surface area contributed by atoms with Crippen LogP contribution < -0.4 is 5.43 Å². The lowest BCUT2D eigenvalue weighted by Gasteiger charge is -2.10. The van der Waals surface area contributed by atoms with Gasteiger partial charge in [0.15, 0.2) is 0 Å². The summed E-state index contributed by atoms with van der Waals surface area (Å²) in [4.78, 5) is 12.1. The number of benzene rings is 1. The maximum absolute atomic E-state index is 12.1. The second-order valence-electron chi connectivity index (χ2n) is 7.02. The van der Waals surface area contributed by atoms with Crippen LogP contribution in [0.15, 0.2) is 33.8 Å². The standard InChI is InChI=1S/C21H31BrN2OS/c22-19-12-10-11-18(15-19)16-26-17-21(25)24-23-20-13-8-6-4-2-1-3-5-7-9-14-20/h10-12,15H,1-9,13-14,16-17H2,(H,24,25). The van der Waals surface area contributed by atoms with Crippen LogP contribution in [0, 0.1) is 0 Å². The minimum absolute atomic E-state index is 0.00335. The van der Waals surface area contributed by atoms with Gasteiger partial charge in [0.25, 0.3) is 0 Å². The van der Waals surface area contributed by atoms with Gasteiger partial charge in [-0.3, -0.25) is 4.79 Å². The number of amides is 1. The molecule has 1 N–H and O–H groups in total. The Bertz CT molecular complexity index is 563. The average Bonchev–Trinajstić information content (AvgIpc) is 2.61. The topological polar surface area (TPSA) is 41.5 Å². The minimum Gasteiger partial charge on any atom is -0.272 e. The van der Waals surface area contributed by atoms with Crippen LogP contribution in [0.3, 0.4) is 0 Å². The monoisotopic (exact) mass is 438 g/mol. The molecule has 0 atom stereocenters. The van der Waals surface area contributed by atoms with E-state index < -0.39 is 0 Å². The molecule has 2 rings (SSSR count). The van der Waals surface area contributed by atoms with Crippen molar-refractivity contribution in [3.05, 3.63) is 34.3 Å². The predicted octanol–water partition coefficient (Wildman–Crippen LogP) is 6.46. The minimum atomic E-state index is 0.00335. The van der Waals surface area contributed by atoms with Crippen LogP contribution in [-0.2, 0) is 10.5 Å². The first-order chi connectivity index (χ1) is 12.7. The number of hydrazone groups is 1. The molecule has 0 aromatic heterocycles. The fraction of sp³-hybridized carbons (Fsp3) is 0.619. The number of halogens is 1. The zero-order valence-electron chi connectivity index (χ0n) is 15.6. The van der Waals surface area contributed by atoms with E-state index in [1.54, 1.807) is 11.8 Å². The molecular weight excluding hydrogens is 408 g/mol. The zero-order chi connectivity index (χ0) is 18.5. The molecule has 144 valence electrons. The second-order valence-corrected chi connectivity index (χ2v) is 8.92. The Hall–Kier alpha value is -0.810. The smallest absolute Gasteiger partial charge is 0.250 e. The molecule has 1 aliphatic rings. The maximum atomic E-state index is 12.1. The highest BCUT2D eigenvalue weighted by molar-refractivity contribution is 9.10. The number of nitrogens with one attached hydrogen (secondary N) is 1. The number of carbonyl (C=O) groups is 1. The summed E-state index contributed by atoms with van der Waals surface area (Å²) in [5.41, 5.74) is 5.18. The third-order valence-corrected chi connectivity index (χ3v) is 6.16. The third-order valence-electron chi connectivity index (χ3n) is 4.66. The summed E-state index contributed by atoms with van der Waals surface area (Å²) in [6, 6.07) is 8.21. The number of thioether (sulfide) groups is 1. The Morgan fingerprint density at radius 1 is 1.00 bits per heavy atom. The van der Waals surface area contributed by atoms with Crippen molar-refractivity contribution in [3.8, 4) is 0 Å². The van der Waals surface area contributed by atoms with Gasteiger partial charge in [0.05, 0.1) is 5.75 Å². The second kappa shape index (κ2) is 13.4. The lowest BCUT2D eigenvalue weighted by molar-refractivity contribution is -0.118. The van der Waals surface area contributed by atoms with Gasteiger partial charge < -0.3 is 0 Å². The van der Waals surface area contributed by atoms with E-state index >= 15 is 0 Å². The van der Waals surface area contributed by atoms with Crippen LogP contribution in [0.25, 0.3) is 0 Å². The molecule has 26 heavy (non-hydrogen) atoms. The Morgan fingerprint density at radius 3 is 2.23 bits per heavy atom. The first kappa shape index (κ1) is 21.5. The summed E-state index contributed by atoms with van der Waals surface area (Å²) in [6.45, 7) is 0. The summed E-state index contributed by atoms with van der Waals surface area (Å²) in [6.07, 6.45) is 13.9. The summed E-state index contributed by atoms with van der Waals surface area (Å²) < 4.78 is 1.08. The Balaban J connectivity index is 1.71. The van der Waals surface area contributed by atoms with Gasteiger partial charge in [-0.05, 0) is 43.4 Å². The van der Waals surface area contributed by atoms with E-state index in [-0.39, 0.29) is 5.91 Å². The summed E-state index contributed by atoms with van der Waals surface area (Å²) >= 11 is 5.10. The molecule has 0 aliphatic heterocycles. The highest BCUT2D eigenvalue weighted by Gasteiger charge is 2.05. The molecule has 1 aromatic carbocycles. The summed E-state index contributed by atoms with van der Waals surface area (Å²) in [5.74, 6) is 1.29. The van der Waals surface area contributed by atoms with Crippen molar-refractivity contribution in [2.45, 2.75) is 76.4 Å². The van der Waals surface area contributed by atoms with E-state index in [9.17, 15) is 4.79 Å². The highest BCUT2D eigenvalue weighted by atomic mass is 79.9. The van der Waals surface area contributed by atoms with Crippen LogP contribution in [0.2, 0.25) is 0 Å². The van der Waals surface area contributed by atoms with Gasteiger partial charge in [-0.2, -0.15) is 5.10 Å². The van der Waals surface area contributed by atoms with Crippen molar-refractivity contribution in [1.82, 2.24) is 5.43 Å². The molecule has 1 amide bonds. The van der Waals surface area contributed by atoms with Gasteiger partial charge in [-0.25, -0.2) is 5.43 Å². The third kappa shape index (κ3) is 9.77. The molecule has 1 aromatic rings. The molecule has 0 heterocycles. The zero-order valence-corrected chi connectivity index (χ0v) is 18.0. The molecule has 0 unspecified atom stereocenters. The molecule has 1 saturated carbocycles. The van der Waals surface area contributed by atoms with E-state index in [0.29, 0.717) is 5.75 Å². The number of hydrogen-bond acceptors (Lipinski definition) is 3. The van der Waals surface area contributed by atoms with Crippen molar-refractivity contribution in [2.24, 2.45) is 5.10 Å². The first-order valence-electron chi connectivity index (χ1n) is 9.90. The van der Waals surface area contributed by atoms with E-state index in [2.05, 4.69) is 38.6 Å². The number of carbonyl (C=O) groups excluding carboxylic acids is 1. The predicted molar refractivity (Wildman–Crippen MR) is 117 cm³/mol. The molecule has 1 aliphatic carbocycles. The van der Waals surface area contributed by atoms with E-state index in [0.717, 1.165) is 23.1 Å². The largest absolute Gasteiger partial charge is 0.272 e. The SMILES string of the molecule is O=C(CSCc1cccc(Br)c1)NN=C1CCCCCCCCCCC1.